The molecule has 19 heteroatoms. The number of aromatic nitrogens is 1. The Hall–Kier alpha value is -7.54. The van der Waals surface area contributed by atoms with Crippen LogP contribution in [0.25, 0.3) is 21.7 Å². The number of Topliss-reactive ketones (excluding diaryl/α,β-unsaturated/α-hetero) is 3. The second-order valence-corrected chi connectivity index (χ2v) is 22.4. The minimum atomic E-state index is -0.992. The van der Waals surface area contributed by atoms with Gasteiger partial charge in [0.25, 0.3) is 17.7 Å². The number of halogens is 1. The number of hydrogen-bond acceptors (Lipinski definition) is 12. The number of nitrogens with zero attached hydrogens (tertiary/aromatic N) is 4. The molecule has 6 amide bonds. The van der Waals surface area contributed by atoms with Gasteiger partial charge in [-0.05, 0) is 91.4 Å². The third-order valence-corrected chi connectivity index (χ3v) is 15.6. The van der Waals surface area contributed by atoms with Crippen LogP contribution in [-0.4, -0.2) is 143 Å². The van der Waals surface area contributed by atoms with Crippen LogP contribution in [-0.2, 0) is 41.6 Å². The number of H-pyrrole nitrogens is 1. The highest BCUT2D eigenvalue weighted by Gasteiger charge is 2.37. The lowest BCUT2D eigenvalue weighted by atomic mass is 9.87. The Morgan fingerprint density at radius 2 is 1.49 bits per heavy atom. The van der Waals surface area contributed by atoms with Gasteiger partial charge in [-0.1, -0.05) is 82.3 Å². The van der Waals surface area contributed by atoms with Gasteiger partial charge < -0.3 is 40.8 Å². The molecule has 3 aliphatic heterocycles. The molecule has 0 aliphatic carbocycles. The van der Waals surface area contributed by atoms with Crippen molar-refractivity contribution in [3.63, 3.8) is 0 Å². The Bertz CT molecular complexity index is 3200. The molecule has 0 unspecified atom stereocenters. The summed E-state index contributed by atoms with van der Waals surface area (Å²) in [6.45, 7) is 10.1. The molecule has 3 aliphatic rings. The van der Waals surface area contributed by atoms with Crippen LogP contribution >= 0.6 is 11.6 Å². The predicted molar refractivity (Wildman–Crippen MR) is 306 cm³/mol. The number of piperazine rings is 1. The van der Waals surface area contributed by atoms with Gasteiger partial charge in [0.05, 0.1) is 17.8 Å². The van der Waals surface area contributed by atoms with Crippen LogP contribution < -0.4 is 26.0 Å². The third-order valence-electron chi connectivity index (χ3n) is 15.2. The van der Waals surface area contributed by atoms with Gasteiger partial charge in [0.2, 0.25) is 11.8 Å². The molecule has 1 aromatic heterocycles. The monoisotopic (exact) mass is 1110 g/mol. The minimum absolute atomic E-state index is 0.00798. The smallest absolute Gasteiger partial charge is 0.409 e. The number of ketones is 3. The highest BCUT2D eigenvalue weighted by atomic mass is 35.5. The predicted octanol–water partition coefficient (Wildman–Crippen LogP) is 6.89. The molecule has 80 heavy (non-hydrogen) atoms. The van der Waals surface area contributed by atoms with E-state index in [0.717, 1.165) is 57.4 Å². The lowest BCUT2D eigenvalue weighted by Gasteiger charge is -2.31. The average Bonchev–Trinajstić information content (AvgIpc) is 4.13. The number of imide groups is 1. The lowest BCUT2D eigenvalue weighted by Crippen LogP contribution is -2.50. The SMILES string of the molecule is CC(C)C[C@H](CC(=O)[C@@H](NC(=O)CN1C(=O)C=CC1=O)C(C)C)C(=O)N[C@@H](CCCCN)C(=O)Cc1ccc(C(=O)Cc2ccc3[nH]c(C(=O)N4C[C@@H](CCl)c5c4cc(OC(=O)N4CCN(C)CC4)c4ccccc54)cc3c2)cc1. The van der Waals surface area contributed by atoms with Gasteiger partial charge >= 0.3 is 6.09 Å². The molecule has 4 atom stereocenters. The number of carbonyl (C=O) groups is 9. The van der Waals surface area contributed by atoms with Gasteiger partial charge in [0.15, 0.2) is 17.3 Å². The van der Waals surface area contributed by atoms with E-state index in [1.807, 2.05) is 63.4 Å². The first kappa shape index (κ1) is 58.6. The van der Waals surface area contributed by atoms with Gasteiger partial charge in [-0.25, -0.2) is 4.79 Å². The number of rotatable bonds is 24. The maximum Gasteiger partial charge on any atom is 0.415 e. The first-order valence-corrected chi connectivity index (χ1v) is 28.1. The normalized spacial score (nSPS) is 16.6. The zero-order valence-corrected chi connectivity index (χ0v) is 46.8. The summed E-state index contributed by atoms with van der Waals surface area (Å²) in [5.74, 6) is -4.17. The van der Waals surface area contributed by atoms with Crippen LogP contribution in [0, 0.1) is 17.8 Å². The molecular weight excluding hydrogens is 1040 g/mol. The first-order valence-electron chi connectivity index (χ1n) is 27.5. The Morgan fingerprint density at radius 3 is 2.15 bits per heavy atom. The fourth-order valence-electron chi connectivity index (χ4n) is 10.8. The molecule has 1 fully saturated rings. The third kappa shape index (κ3) is 13.9. The van der Waals surface area contributed by atoms with Crippen LogP contribution in [0.1, 0.15) is 103 Å². The molecule has 5 aromatic rings. The first-order chi connectivity index (χ1) is 38.3. The highest BCUT2D eigenvalue weighted by molar-refractivity contribution is 6.19. The summed E-state index contributed by atoms with van der Waals surface area (Å²) in [6, 6.07) is 21.7. The van der Waals surface area contributed by atoms with E-state index in [9.17, 15) is 43.2 Å². The topological polar surface area (TPSA) is 242 Å². The molecule has 0 bridgehead atoms. The van der Waals surface area contributed by atoms with Crippen molar-refractivity contribution in [1.29, 1.82) is 0 Å². The van der Waals surface area contributed by atoms with Crippen LogP contribution in [0.4, 0.5) is 10.5 Å². The number of nitrogens with two attached hydrogens (primary N) is 1. The minimum Gasteiger partial charge on any atom is -0.409 e. The number of likely N-dealkylation sites (N-methyl/N-ethyl adjacent to an activating group) is 1. The van der Waals surface area contributed by atoms with Crippen molar-refractivity contribution >= 4 is 91.9 Å². The lowest BCUT2D eigenvalue weighted by molar-refractivity contribution is -0.141. The van der Waals surface area contributed by atoms with E-state index in [-0.39, 0.29) is 60.4 Å². The molecule has 18 nitrogen and oxygen atoms in total. The molecule has 1 saturated heterocycles. The van der Waals surface area contributed by atoms with Gasteiger partial charge in [0.1, 0.15) is 18.0 Å². The zero-order chi connectivity index (χ0) is 57.4. The molecular formula is C61H71ClN8O10. The Balaban J connectivity index is 0.904. The fourth-order valence-corrected chi connectivity index (χ4v) is 11.1. The molecule has 4 aromatic carbocycles. The van der Waals surface area contributed by atoms with E-state index in [2.05, 4.69) is 20.5 Å². The molecule has 422 valence electrons. The second kappa shape index (κ2) is 26.2. The standard InChI is InChI=1S/C61H71ClN8O10/c1-36(2)26-42(31-52(73)58(37(3)4)66-54(74)35-70-55(75)19-20-56(70)76)59(77)65-47(12-8-9-21-63)51(72)28-38-13-16-40(17-14-38)50(71)29-39-15-18-46-41(27-39)30-48(64-46)60(78)69-34-43(33-62)57-45-11-7-6-10-44(45)53(32-49(57)69)80-61(79)68-24-22-67(5)23-25-68/h6-7,10-11,13-20,27,30,32,36-37,42-43,47,58,64H,8-9,12,21-26,28-29,31,33-35,63H2,1-5H3,(H,65,77)(H,66,74)/t42-,43-,47+,58+/m1/s1. The fraction of sp³-hybridized carbons (Fsp3) is 0.426. The number of anilines is 1. The molecule has 8 rings (SSSR count). The number of aromatic amines is 1. The van der Waals surface area contributed by atoms with Gasteiger partial charge in [-0.3, -0.25) is 43.3 Å². The van der Waals surface area contributed by atoms with Crippen molar-refractivity contribution < 1.29 is 47.9 Å². The summed E-state index contributed by atoms with van der Waals surface area (Å²) in [4.78, 5) is 130. The number of alkyl halides is 1. The van der Waals surface area contributed by atoms with Crippen molar-refractivity contribution in [3.05, 3.63) is 119 Å². The molecule has 0 saturated carbocycles. The zero-order valence-electron chi connectivity index (χ0n) is 46.1. The van der Waals surface area contributed by atoms with Crippen LogP contribution in [0.5, 0.6) is 5.75 Å². The van der Waals surface area contributed by atoms with Crippen molar-refractivity contribution in [1.82, 2.24) is 30.3 Å². The molecule has 0 spiro atoms. The van der Waals surface area contributed by atoms with E-state index in [4.69, 9.17) is 22.1 Å². The summed E-state index contributed by atoms with van der Waals surface area (Å²) in [5.41, 5.74) is 10.2. The highest BCUT2D eigenvalue weighted by Crippen LogP contribution is 2.46. The number of ether oxygens (including phenoxy) is 1. The maximum absolute atomic E-state index is 14.5. The number of fused-ring (bicyclic) bond motifs is 4. The van der Waals surface area contributed by atoms with Crippen LogP contribution in [0.15, 0.2) is 91.0 Å². The van der Waals surface area contributed by atoms with E-state index in [0.29, 0.717) is 85.6 Å². The van der Waals surface area contributed by atoms with Gasteiger partial charge in [0, 0.05) is 110 Å². The molecule has 5 N–H and O–H groups in total. The van der Waals surface area contributed by atoms with E-state index in [1.165, 1.54) is 0 Å². The van der Waals surface area contributed by atoms with Crippen molar-refractivity contribution in [2.75, 3.05) is 63.6 Å². The number of nitrogens with one attached hydrogen (secondary N) is 3. The van der Waals surface area contributed by atoms with Gasteiger partial charge in [-0.2, -0.15) is 0 Å². The summed E-state index contributed by atoms with van der Waals surface area (Å²) in [5, 5.41) is 7.96. The second-order valence-electron chi connectivity index (χ2n) is 22.1. The molecule has 0 radical (unpaired) electrons. The average molecular weight is 1110 g/mol. The number of carbonyl (C=O) groups excluding carboxylic acids is 9. The Kier molecular flexibility index (Phi) is 19.2. The summed E-state index contributed by atoms with van der Waals surface area (Å²) < 4.78 is 6.07. The Morgan fingerprint density at radius 1 is 0.800 bits per heavy atom. The largest absolute Gasteiger partial charge is 0.415 e. The Labute approximate surface area is 470 Å². The molecule has 4 heterocycles. The quantitative estimate of drug-likeness (QED) is 0.0214. The van der Waals surface area contributed by atoms with E-state index in [1.54, 1.807) is 60.0 Å². The van der Waals surface area contributed by atoms with Crippen molar-refractivity contribution in [3.8, 4) is 5.75 Å². The number of amides is 6. The van der Waals surface area contributed by atoms with E-state index >= 15 is 0 Å². The van der Waals surface area contributed by atoms with Crippen molar-refractivity contribution in [2.24, 2.45) is 23.5 Å². The summed E-state index contributed by atoms with van der Waals surface area (Å²) >= 11 is 6.58. The van der Waals surface area contributed by atoms with Crippen molar-refractivity contribution in [2.45, 2.75) is 90.6 Å². The maximum atomic E-state index is 14.5. The van der Waals surface area contributed by atoms with E-state index < -0.39 is 60.1 Å². The summed E-state index contributed by atoms with van der Waals surface area (Å²) in [7, 11) is 2.02. The number of hydrogen-bond donors (Lipinski definition) is 4. The summed E-state index contributed by atoms with van der Waals surface area (Å²) in [6.07, 6.45) is 3.38. The van der Waals surface area contributed by atoms with Crippen LogP contribution in [0.2, 0.25) is 0 Å². The van der Waals surface area contributed by atoms with Crippen LogP contribution in [0.3, 0.4) is 0 Å². The van der Waals surface area contributed by atoms with Gasteiger partial charge in [-0.15, -0.1) is 11.6 Å². The number of benzene rings is 4. The number of unbranched alkanes of at least 4 members (excludes halogenated alkanes) is 1.